The van der Waals surface area contributed by atoms with Crippen LogP contribution in [-0.4, -0.2) is 5.16 Å². The molecule has 0 radical (unpaired) electrons. The maximum Gasteiger partial charge on any atom is 0.00385 e. The number of allylic oxidation sites excluding steroid dienone is 8. The van der Waals surface area contributed by atoms with E-state index in [4.69, 9.17) is 0 Å². The van der Waals surface area contributed by atoms with Gasteiger partial charge in [-0.25, -0.2) is 0 Å². The number of aryl methyl sites for hydroxylation is 2. The Morgan fingerprint density at radius 2 is 1.80 bits per heavy atom. The van der Waals surface area contributed by atoms with E-state index in [9.17, 15) is 0 Å². The first-order valence-electron chi connectivity index (χ1n) is 9.00. The average molecular weight is 348 g/mol. The second-order valence-corrected chi connectivity index (χ2v) is 9.59. The standard InChI is InChI=1S/C24H29P/c1-14-8-9-19(10-15(14)2)16(3)22-12-20-11-21(24(6,7)25)13-23(17(20)4)18(22)5/h8-13,17,20H,3,5,25H2,1-2,4,6-7H3. The second-order valence-electron chi connectivity index (χ2n) is 8.15. The zero-order valence-electron chi connectivity index (χ0n) is 16.1. The third-order valence-electron chi connectivity index (χ3n) is 5.71. The van der Waals surface area contributed by atoms with Crippen LogP contribution in [0.4, 0.5) is 0 Å². The fourth-order valence-corrected chi connectivity index (χ4v) is 3.86. The van der Waals surface area contributed by atoms with Crippen LogP contribution in [0.15, 0.2) is 71.9 Å². The van der Waals surface area contributed by atoms with Crippen LogP contribution in [0.3, 0.4) is 0 Å². The molecular formula is C24H29P. The quantitative estimate of drug-likeness (QED) is 0.541. The normalized spacial score (nSPS) is 23.0. The molecule has 3 rings (SSSR count). The summed E-state index contributed by atoms with van der Waals surface area (Å²) in [6.45, 7) is 19.9. The fraction of sp³-hybridized carbons (Fsp3) is 0.333. The van der Waals surface area contributed by atoms with E-state index in [1.807, 2.05) is 0 Å². The van der Waals surface area contributed by atoms with Gasteiger partial charge in [-0.1, -0.05) is 70.4 Å². The van der Waals surface area contributed by atoms with Crippen molar-refractivity contribution in [3.63, 3.8) is 0 Å². The average Bonchev–Trinajstić information content (AvgIpc) is 2.52. The minimum atomic E-state index is 0.0837. The van der Waals surface area contributed by atoms with Crippen LogP contribution >= 0.6 is 9.24 Å². The Labute approximate surface area is 155 Å². The Balaban J connectivity index is 2.04. The predicted molar refractivity (Wildman–Crippen MR) is 115 cm³/mol. The highest BCUT2D eigenvalue weighted by molar-refractivity contribution is 7.19. The summed E-state index contributed by atoms with van der Waals surface area (Å²) >= 11 is 0. The molecule has 0 fully saturated rings. The smallest absolute Gasteiger partial charge is 0.00385 e. The van der Waals surface area contributed by atoms with E-state index in [0.717, 1.165) is 11.1 Å². The Bertz CT molecular complexity index is 853. The number of hydrogen-bond donors (Lipinski definition) is 0. The minimum absolute atomic E-state index is 0.0837. The lowest BCUT2D eigenvalue weighted by atomic mass is 9.68. The molecule has 0 amide bonds. The van der Waals surface area contributed by atoms with E-state index in [1.54, 1.807) is 0 Å². The summed E-state index contributed by atoms with van der Waals surface area (Å²) in [6, 6.07) is 6.59. The van der Waals surface area contributed by atoms with E-state index in [0.29, 0.717) is 11.8 Å². The van der Waals surface area contributed by atoms with E-state index in [-0.39, 0.29) is 5.16 Å². The molecule has 2 aliphatic rings. The highest BCUT2D eigenvalue weighted by Gasteiger charge is 2.33. The van der Waals surface area contributed by atoms with Gasteiger partial charge in [0.1, 0.15) is 0 Å². The molecule has 2 aliphatic carbocycles. The Hall–Kier alpha value is -1.65. The van der Waals surface area contributed by atoms with Crippen LogP contribution in [0.1, 0.15) is 37.5 Å². The lowest BCUT2D eigenvalue weighted by Gasteiger charge is -2.37. The molecule has 2 bridgehead atoms. The summed E-state index contributed by atoms with van der Waals surface area (Å²) in [5.41, 5.74) is 9.97. The fourth-order valence-electron chi connectivity index (χ4n) is 3.68. The molecule has 0 saturated carbocycles. The van der Waals surface area contributed by atoms with Gasteiger partial charge in [-0.3, -0.25) is 0 Å². The molecule has 1 heteroatoms. The molecule has 0 aromatic heterocycles. The lowest BCUT2D eigenvalue weighted by Crippen LogP contribution is -2.25. The molecule has 1 aromatic carbocycles. The van der Waals surface area contributed by atoms with Crippen LogP contribution in [0.5, 0.6) is 0 Å². The zero-order chi connectivity index (χ0) is 18.5. The van der Waals surface area contributed by atoms with Crippen LogP contribution in [0.25, 0.3) is 5.57 Å². The summed E-state index contributed by atoms with van der Waals surface area (Å²) in [4.78, 5) is 0. The van der Waals surface area contributed by atoms with Crippen molar-refractivity contribution >= 4 is 14.8 Å². The molecule has 0 heterocycles. The maximum absolute atomic E-state index is 4.44. The first kappa shape index (κ1) is 18.2. The molecule has 0 aliphatic heterocycles. The van der Waals surface area contributed by atoms with Crippen molar-refractivity contribution in [3.8, 4) is 0 Å². The molecule has 25 heavy (non-hydrogen) atoms. The molecule has 1 aromatic rings. The lowest BCUT2D eigenvalue weighted by molar-refractivity contribution is 0.553. The van der Waals surface area contributed by atoms with E-state index in [2.05, 4.69) is 93.4 Å². The van der Waals surface area contributed by atoms with Gasteiger partial charge in [-0.15, -0.1) is 9.24 Å². The van der Waals surface area contributed by atoms with Crippen molar-refractivity contribution in [1.29, 1.82) is 0 Å². The van der Waals surface area contributed by atoms with Gasteiger partial charge in [0.15, 0.2) is 0 Å². The summed E-state index contributed by atoms with van der Waals surface area (Å²) in [6.07, 6.45) is 7.13. The van der Waals surface area contributed by atoms with Crippen molar-refractivity contribution in [2.45, 2.75) is 39.8 Å². The third kappa shape index (κ3) is 3.25. The van der Waals surface area contributed by atoms with Crippen LogP contribution in [-0.2, 0) is 0 Å². The van der Waals surface area contributed by atoms with Crippen LogP contribution in [0, 0.1) is 25.7 Å². The Kier molecular flexibility index (Phi) is 4.54. The number of fused-ring (bicyclic) bond motifs is 2. The number of benzene rings is 1. The van der Waals surface area contributed by atoms with Crippen molar-refractivity contribution < 1.29 is 0 Å². The summed E-state index contributed by atoms with van der Waals surface area (Å²) in [7, 11) is 2.96. The van der Waals surface area contributed by atoms with Gasteiger partial charge in [0.25, 0.3) is 0 Å². The SMILES string of the molecule is C=C1C(C(=C)c2ccc(C)c(C)c2)=CC2C=C(C(C)(C)P)C=C1C2C. The monoisotopic (exact) mass is 348 g/mol. The first-order chi connectivity index (χ1) is 11.6. The van der Waals surface area contributed by atoms with Gasteiger partial charge in [-0.05, 0) is 64.3 Å². The van der Waals surface area contributed by atoms with E-state index >= 15 is 0 Å². The molecule has 0 saturated heterocycles. The molecule has 0 nitrogen and oxygen atoms in total. The zero-order valence-corrected chi connectivity index (χ0v) is 17.3. The maximum atomic E-state index is 4.44. The molecule has 3 unspecified atom stereocenters. The van der Waals surface area contributed by atoms with Gasteiger partial charge >= 0.3 is 0 Å². The van der Waals surface area contributed by atoms with Gasteiger partial charge in [-0.2, -0.15) is 0 Å². The largest absolute Gasteiger partial charge is 0.127 e. The van der Waals surface area contributed by atoms with Gasteiger partial charge in [0, 0.05) is 11.1 Å². The highest BCUT2D eigenvalue weighted by atomic mass is 31.0. The number of rotatable bonds is 3. The third-order valence-corrected chi connectivity index (χ3v) is 6.04. The predicted octanol–water partition coefficient (Wildman–Crippen LogP) is 6.59. The molecule has 0 N–H and O–H groups in total. The van der Waals surface area contributed by atoms with Crippen LogP contribution in [0.2, 0.25) is 0 Å². The van der Waals surface area contributed by atoms with Gasteiger partial charge < -0.3 is 0 Å². The van der Waals surface area contributed by atoms with Crippen molar-refractivity contribution in [1.82, 2.24) is 0 Å². The highest BCUT2D eigenvalue weighted by Crippen LogP contribution is 2.47. The van der Waals surface area contributed by atoms with E-state index in [1.165, 1.54) is 33.4 Å². The summed E-state index contributed by atoms with van der Waals surface area (Å²) in [5, 5.41) is 0.0837. The van der Waals surface area contributed by atoms with Crippen molar-refractivity contribution in [2.24, 2.45) is 11.8 Å². The van der Waals surface area contributed by atoms with Crippen LogP contribution < -0.4 is 0 Å². The topological polar surface area (TPSA) is 0 Å². The number of hydrogen-bond acceptors (Lipinski definition) is 0. The van der Waals surface area contributed by atoms with Gasteiger partial charge in [0.2, 0.25) is 0 Å². The first-order valence-corrected chi connectivity index (χ1v) is 9.58. The molecule has 3 atom stereocenters. The van der Waals surface area contributed by atoms with Crippen molar-refractivity contribution in [3.05, 3.63) is 88.6 Å². The molecule has 0 spiro atoms. The van der Waals surface area contributed by atoms with Gasteiger partial charge in [0.05, 0.1) is 0 Å². The minimum Gasteiger partial charge on any atom is -0.127 e. The molecule has 130 valence electrons. The second kappa shape index (κ2) is 6.26. The summed E-state index contributed by atoms with van der Waals surface area (Å²) < 4.78 is 0. The Morgan fingerprint density at radius 3 is 2.40 bits per heavy atom. The Morgan fingerprint density at radius 1 is 1.12 bits per heavy atom. The molecular weight excluding hydrogens is 319 g/mol. The summed E-state index contributed by atoms with van der Waals surface area (Å²) in [5.74, 6) is 0.901. The van der Waals surface area contributed by atoms with Crippen molar-refractivity contribution in [2.75, 3.05) is 0 Å². The van der Waals surface area contributed by atoms with E-state index < -0.39 is 0 Å².